The third-order valence-electron chi connectivity index (χ3n) is 4.51. The maximum Gasteiger partial charge on any atom is 0.208 e. The maximum atomic E-state index is 6.00. The van der Waals surface area contributed by atoms with Crippen LogP contribution in [0.3, 0.4) is 0 Å². The van der Waals surface area contributed by atoms with Gasteiger partial charge in [-0.1, -0.05) is 0 Å². The fraction of sp³-hybridized carbons (Fsp3) is 0.812. The van der Waals surface area contributed by atoms with Crippen LogP contribution in [0.2, 0.25) is 0 Å². The van der Waals surface area contributed by atoms with E-state index in [2.05, 4.69) is 9.88 Å². The molecule has 2 saturated heterocycles. The predicted molar refractivity (Wildman–Crippen MR) is 79.2 cm³/mol. The molecule has 2 aliphatic rings. The summed E-state index contributed by atoms with van der Waals surface area (Å²) >= 11 is 0. The van der Waals surface area contributed by atoms with Gasteiger partial charge in [-0.3, -0.25) is 4.90 Å². The molecule has 0 aliphatic carbocycles. The van der Waals surface area contributed by atoms with Crippen LogP contribution in [-0.2, 0) is 16.0 Å². The van der Waals surface area contributed by atoms with E-state index < -0.39 is 0 Å². The van der Waals surface area contributed by atoms with Crippen molar-refractivity contribution in [2.24, 2.45) is 0 Å². The highest BCUT2D eigenvalue weighted by molar-refractivity contribution is 5.05. The van der Waals surface area contributed by atoms with Crippen LogP contribution in [0.1, 0.15) is 43.0 Å². The van der Waals surface area contributed by atoms with Crippen molar-refractivity contribution in [2.75, 3.05) is 26.3 Å². The second-order valence-corrected chi connectivity index (χ2v) is 6.19. The summed E-state index contributed by atoms with van der Waals surface area (Å²) in [5.41, 5.74) is 1.000. The van der Waals surface area contributed by atoms with Crippen molar-refractivity contribution in [3.8, 4) is 0 Å². The summed E-state index contributed by atoms with van der Waals surface area (Å²) in [7, 11) is 0. The van der Waals surface area contributed by atoms with Crippen LogP contribution in [-0.4, -0.2) is 48.4 Å². The van der Waals surface area contributed by atoms with Crippen LogP contribution in [0.15, 0.2) is 4.42 Å². The smallest absolute Gasteiger partial charge is 0.208 e. The lowest BCUT2D eigenvalue weighted by Gasteiger charge is -2.31. The molecule has 2 fully saturated rings. The molecule has 0 saturated carbocycles. The van der Waals surface area contributed by atoms with E-state index in [0.29, 0.717) is 12.2 Å². The predicted octanol–water partition coefficient (Wildman–Crippen LogP) is 2.45. The number of nitrogens with zero attached hydrogens (tertiary/aromatic N) is 2. The molecule has 0 amide bonds. The first-order valence-corrected chi connectivity index (χ1v) is 8.09. The van der Waals surface area contributed by atoms with E-state index in [-0.39, 0.29) is 0 Å². The highest BCUT2D eigenvalue weighted by atomic mass is 16.5. The molecule has 5 nitrogen and oxygen atoms in total. The zero-order valence-electron chi connectivity index (χ0n) is 13.1. The molecule has 0 radical (unpaired) electrons. The van der Waals surface area contributed by atoms with Crippen LogP contribution in [0, 0.1) is 13.8 Å². The van der Waals surface area contributed by atoms with Gasteiger partial charge in [-0.15, -0.1) is 0 Å². The molecule has 0 N–H and O–H groups in total. The van der Waals surface area contributed by atoms with Gasteiger partial charge >= 0.3 is 0 Å². The first kappa shape index (κ1) is 15.0. The van der Waals surface area contributed by atoms with Crippen LogP contribution in [0.4, 0.5) is 0 Å². The minimum absolute atomic E-state index is 0.335. The van der Waals surface area contributed by atoms with Gasteiger partial charge in [0.2, 0.25) is 5.89 Å². The molecule has 1 aromatic rings. The number of oxazole rings is 1. The molecule has 1 atom stereocenters. The molecule has 0 aromatic carbocycles. The molecule has 118 valence electrons. The van der Waals surface area contributed by atoms with Gasteiger partial charge in [0.15, 0.2) is 0 Å². The van der Waals surface area contributed by atoms with Crippen molar-refractivity contribution in [1.82, 2.24) is 9.88 Å². The first-order chi connectivity index (χ1) is 10.2. The van der Waals surface area contributed by atoms with E-state index in [0.717, 1.165) is 69.5 Å². The summed E-state index contributed by atoms with van der Waals surface area (Å²) in [5.74, 6) is 1.77. The third kappa shape index (κ3) is 4.05. The van der Waals surface area contributed by atoms with Gasteiger partial charge in [-0.25, -0.2) is 4.98 Å². The van der Waals surface area contributed by atoms with Gasteiger partial charge in [-0.05, 0) is 39.5 Å². The number of hydrogen-bond donors (Lipinski definition) is 0. The molecule has 3 heterocycles. The summed E-state index contributed by atoms with van der Waals surface area (Å²) in [5, 5.41) is 0. The van der Waals surface area contributed by atoms with Crippen molar-refractivity contribution in [3.63, 3.8) is 0 Å². The Balaban J connectivity index is 1.38. The number of hydrogen-bond acceptors (Lipinski definition) is 5. The summed E-state index contributed by atoms with van der Waals surface area (Å²) < 4.78 is 17.3. The molecule has 1 unspecified atom stereocenters. The number of piperidine rings is 1. The standard InChI is InChI=1S/C16H26N2O3/c1-12-13(2)21-16(17-12)10-18-7-5-14(6-8-18)20-11-15-4-3-9-19-15/h14-15H,3-11H2,1-2H3. The van der Waals surface area contributed by atoms with Crippen LogP contribution in [0.25, 0.3) is 0 Å². The zero-order valence-corrected chi connectivity index (χ0v) is 13.1. The van der Waals surface area contributed by atoms with E-state index in [1.54, 1.807) is 0 Å². The molecule has 0 bridgehead atoms. The average Bonchev–Trinajstić information content (AvgIpc) is 3.09. The average molecular weight is 294 g/mol. The van der Waals surface area contributed by atoms with Crippen LogP contribution >= 0.6 is 0 Å². The highest BCUT2D eigenvalue weighted by Crippen LogP contribution is 2.19. The summed E-state index contributed by atoms with van der Waals surface area (Å²) in [6.45, 7) is 8.55. The Hall–Kier alpha value is -0.910. The Kier molecular flexibility index (Phi) is 4.93. The Morgan fingerprint density at radius 3 is 2.67 bits per heavy atom. The Bertz CT molecular complexity index is 427. The molecule has 21 heavy (non-hydrogen) atoms. The van der Waals surface area contributed by atoms with Crippen molar-refractivity contribution in [3.05, 3.63) is 17.3 Å². The van der Waals surface area contributed by atoms with Crippen LogP contribution < -0.4 is 0 Å². The quantitative estimate of drug-likeness (QED) is 0.835. The normalized spacial score (nSPS) is 24.8. The lowest BCUT2D eigenvalue weighted by Crippen LogP contribution is -2.37. The number of rotatable bonds is 5. The van der Waals surface area contributed by atoms with Gasteiger partial charge in [-0.2, -0.15) is 0 Å². The summed E-state index contributed by atoms with van der Waals surface area (Å²) in [6.07, 6.45) is 5.24. The second-order valence-electron chi connectivity index (χ2n) is 6.19. The fourth-order valence-corrected chi connectivity index (χ4v) is 3.05. The van der Waals surface area contributed by atoms with Crippen molar-refractivity contribution < 1.29 is 13.9 Å². The molecule has 2 aliphatic heterocycles. The van der Waals surface area contributed by atoms with Crippen LogP contribution in [0.5, 0.6) is 0 Å². The molecule has 0 spiro atoms. The van der Waals surface area contributed by atoms with Gasteiger partial charge in [0.25, 0.3) is 0 Å². The SMILES string of the molecule is Cc1nc(CN2CCC(OCC3CCCO3)CC2)oc1C. The van der Waals surface area contributed by atoms with E-state index in [9.17, 15) is 0 Å². The molecule has 5 heteroatoms. The second kappa shape index (κ2) is 6.90. The van der Waals surface area contributed by atoms with E-state index in [1.165, 1.54) is 6.42 Å². The lowest BCUT2D eigenvalue weighted by atomic mass is 10.1. The third-order valence-corrected chi connectivity index (χ3v) is 4.51. The number of aryl methyl sites for hydroxylation is 2. The van der Waals surface area contributed by atoms with E-state index in [1.807, 2.05) is 13.8 Å². The zero-order chi connectivity index (χ0) is 14.7. The van der Waals surface area contributed by atoms with Crippen molar-refractivity contribution in [1.29, 1.82) is 0 Å². The largest absolute Gasteiger partial charge is 0.444 e. The topological polar surface area (TPSA) is 47.7 Å². The fourth-order valence-electron chi connectivity index (χ4n) is 3.05. The Labute approximate surface area is 126 Å². The van der Waals surface area contributed by atoms with Crippen molar-refractivity contribution >= 4 is 0 Å². The maximum absolute atomic E-state index is 6.00. The molecule has 3 rings (SSSR count). The monoisotopic (exact) mass is 294 g/mol. The van der Waals surface area contributed by atoms with E-state index in [4.69, 9.17) is 13.9 Å². The Morgan fingerprint density at radius 2 is 2.05 bits per heavy atom. The minimum Gasteiger partial charge on any atom is -0.444 e. The summed E-state index contributed by atoms with van der Waals surface area (Å²) in [6, 6.07) is 0. The van der Waals surface area contributed by atoms with Gasteiger partial charge in [0.1, 0.15) is 5.76 Å². The van der Waals surface area contributed by atoms with Gasteiger partial charge in [0, 0.05) is 19.7 Å². The Morgan fingerprint density at radius 1 is 1.24 bits per heavy atom. The molecular formula is C16H26N2O3. The van der Waals surface area contributed by atoms with E-state index >= 15 is 0 Å². The molecule has 1 aromatic heterocycles. The van der Waals surface area contributed by atoms with Gasteiger partial charge < -0.3 is 13.9 Å². The van der Waals surface area contributed by atoms with Gasteiger partial charge in [0.05, 0.1) is 31.1 Å². The minimum atomic E-state index is 0.335. The van der Waals surface area contributed by atoms with Crippen molar-refractivity contribution in [2.45, 2.75) is 58.3 Å². The molecular weight excluding hydrogens is 268 g/mol. The highest BCUT2D eigenvalue weighted by Gasteiger charge is 2.23. The number of aromatic nitrogens is 1. The number of ether oxygens (including phenoxy) is 2. The summed E-state index contributed by atoms with van der Waals surface area (Å²) in [4.78, 5) is 6.86. The lowest BCUT2D eigenvalue weighted by molar-refractivity contribution is -0.0432. The number of likely N-dealkylation sites (tertiary alicyclic amines) is 1. The first-order valence-electron chi connectivity index (χ1n) is 8.09.